The van der Waals surface area contributed by atoms with Crippen LogP contribution in [0.25, 0.3) is 10.9 Å². The topological polar surface area (TPSA) is 63.1 Å². The van der Waals surface area contributed by atoms with E-state index in [0.29, 0.717) is 18.0 Å². The molecule has 0 saturated heterocycles. The SMILES string of the molecule is Cl.O=C(Cn1ccc(=O)c2ccccc21)NCCNC1CCCCCC1. The maximum atomic E-state index is 12.2. The van der Waals surface area contributed by atoms with E-state index in [4.69, 9.17) is 0 Å². The van der Waals surface area contributed by atoms with Crippen LogP contribution in [0.3, 0.4) is 0 Å². The van der Waals surface area contributed by atoms with Gasteiger partial charge in [-0.2, -0.15) is 0 Å². The number of hydrogen-bond donors (Lipinski definition) is 2. The predicted octanol–water partition coefficient (Wildman–Crippen LogP) is 2.85. The standard InChI is InChI=1S/C20H27N3O2.ClH/c24-19-11-14-23(18-10-6-5-9-17(18)19)15-20(25)22-13-12-21-16-7-3-1-2-4-8-16;/h5-6,9-11,14,16,21H,1-4,7-8,12-13,15H2,(H,22,25);1H. The van der Waals surface area contributed by atoms with Crippen molar-refractivity contribution in [3.63, 3.8) is 0 Å². The number of aromatic nitrogens is 1. The van der Waals surface area contributed by atoms with Crippen molar-refractivity contribution in [2.75, 3.05) is 13.1 Å². The molecule has 1 aliphatic carbocycles. The molecule has 26 heavy (non-hydrogen) atoms. The second-order valence-electron chi connectivity index (χ2n) is 6.82. The molecule has 0 unspecified atom stereocenters. The molecule has 1 aliphatic rings. The molecule has 1 aromatic heterocycles. The number of para-hydroxylation sites is 1. The van der Waals surface area contributed by atoms with Gasteiger partial charge in [-0.15, -0.1) is 12.4 Å². The van der Waals surface area contributed by atoms with Crippen LogP contribution in [0.1, 0.15) is 38.5 Å². The lowest BCUT2D eigenvalue weighted by molar-refractivity contribution is -0.121. The zero-order valence-corrected chi connectivity index (χ0v) is 15.9. The summed E-state index contributed by atoms with van der Waals surface area (Å²) in [6.07, 6.45) is 9.50. The lowest BCUT2D eigenvalue weighted by atomic mass is 10.1. The molecule has 1 aromatic carbocycles. The van der Waals surface area contributed by atoms with Gasteiger partial charge in [0.1, 0.15) is 6.54 Å². The molecule has 1 saturated carbocycles. The second-order valence-corrected chi connectivity index (χ2v) is 6.82. The summed E-state index contributed by atoms with van der Waals surface area (Å²) in [7, 11) is 0. The van der Waals surface area contributed by atoms with Gasteiger partial charge in [-0.25, -0.2) is 0 Å². The van der Waals surface area contributed by atoms with Crippen molar-refractivity contribution in [1.29, 1.82) is 0 Å². The first kappa shape index (κ1) is 20.5. The lowest BCUT2D eigenvalue weighted by Gasteiger charge is -2.16. The van der Waals surface area contributed by atoms with Crippen LogP contribution < -0.4 is 16.1 Å². The Morgan fingerprint density at radius 2 is 1.77 bits per heavy atom. The van der Waals surface area contributed by atoms with E-state index in [1.807, 2.05) is 22.8 Å². The number of carbonyl (C=O) groups excluding carboxylic acids is 1. The fourth-order valence-corrected chi connectivity index (χ4v) is 3.57. The van der Waals surface area contributed by atoms with Gasteiger partial charge in [-0.1, -0.05) is 37.8 Å². The Labute approximate surface area is 160 Å². The predicted molar refractivity (Wildman–Crippen MR) is 108 cm³/mol. The molecule has 0 atom stereocenters. The number of pyridine rings is 1. The fraction of sp³-hybridized carbons (Fsp3) is 0.500. The number of amides is 1. The first-order valence-electron chi connectivity index (χ1n) is 9.32. The molecule has 0 radical (unpaired) electrons. The van der Waals surface area contributed by atoms with E-state index in [0.717, 1.165) is 12.1 Å². The number of fused-ring (bicyclic) bond motifs is 1. The van der Waals surface area contributed by atoms with Crippen LogP contribution in [-0.4, -0.2) is 29.6 Å². The number of nitrogens with one attached hydrogen (secondary N) is 2. The highest BCUT2D eigenvalue weighted by atomic mass is 35.5. The van der Waals surface area contributed by atoms with Crippen LogP contribution >= 0.6 is 12.4 Å². The molecule has 6 heteroatoms. The summed E-state index contributed by atoms with van der Waals surface area (Å²) in [6, 6.07) is 9.51. The molecular weight excluding hydrogens is 350 g/mol. The zero-order valence-electron chi connectivity index (χ0n) is 15.1. The van der Waals surface area contributed by atoms with Gasteiger partial charge in [0.15, 0.2) is 5.43 Å². The summed E-state index contributed by atoms with van der Waals surface area (Å²) in [4.78, 5) is 24.1. The summed E-state index contributed by atoms with van der Waals surface area (Å²) < 4.78 is 1.82. The molecular formula is C20H28ClN3O2. The average Bonchev–Trinajstić information content (AvgIpc) is 2.90. The van der Waals surface area contributed by atoms with Crippen molar-refractivity contribution in [1.82, 2.24) is 15.2 Å². The van der Waals surface area contributed by atoms with E-state index in [9.17, 15) is 9.59 Å². The third kappa shape index (κ3) is 5.58. The maximum absolute atomic E-state index is 12.2. The molecule has 5 nitrogen and oxygen atoms in total. The molecule has 0 aliphatic heterocycles. The largest absolute Gasteiger partial charge is 0.353 e. The van der Waals surface area contributed by atoms with E-state index in [2.05, 4.69) is 10.6 Å². The van der Waals surface area contributed by atoms with E-state index in [1.54, 1.807) is 12.3 Å². The Kier molecular flexibility index (Phi) is 8.13. The number of carbonyl (C=O) groups is 1. The zero-order chi connectivity index (χ0) is 17.5. The average molecular weight is 378 g/mol. The lowest BCUT2D eigenvalue weighted by Crippen LogP contribution is -2.38. The maximum Gasteiger partial charge on any atom is 0.239 e. The molecule has 0 spiro atoms. The third-order valence-electron chi connectivity index (χ3n) is 4.93. The van der Waals surface area contributed by atoms with Crippen LogP contribution in [0.2, 0.25) is 0 Å². The Balaban J connectivity index is 0.00000243. The minimum atomic E-state index is -0.0310. The Morgan fingerprint density at radius 1 is 1.04 bits per heavy atom. The number of nitrogens with zero attached hydrogens (tertiary/aromatic N) is 1. The Morgan fingerprint density at radius 3 is 2.54 bits per heavy atom. The van der Waals surface area contributed by atoms with Crippen LogP contribution in [-0.2, 0) is 11.3 Å². The van der Waals surface area contributed by atoms with Gasteiger partial charge in [-0.05, 0) is 25.0 Å². The summed E-state index contributed by atoms with van der Waals surface area (Å²) in [5.74, 6) is -0.0310. The normalized spacial score (nSPS) is 15.2. The van der Waals surface area contributed by atoms with Crippen LogP contribution in [0.5, 0.6) is 0 Å². The molecule has 2 aromatic rings. The van der Waals surface area contributed by atoms with Gasteiger partial charge in [0.2, 0.25) is 5.91 Å². The first-order chi connectivity index (χ1) is 12.2. The van der Waals surface area contributed by atoms with Gasteiger partial charge in [0.25, 0.3) is 0 Å². The summed E-state index contributed by atoms with van der Waals surface area (Å²) in [6.45, 7) is 1.67. The van der Waals surface area contributed by atoms with E-state index in [-0.39, 0.29) is 30.3 Å². The van der Waals surface area contributed by atoms with Crippen molar-refractivity contribution < 1.29 is 4.79 Å². The molecule has 1 heterocycles. The summed E-state index contributed by atoms with van der Waals surface area (Å²) in [5.41, 5.74) is 0.779. The van der Waals surface area contributed by atoms with Crippen molar-refractivity contribution in [3.05, 3.63) is 46.8 Å². The summed E-state index contributed by atoms with van der Waals surface area (Å²) >= 11 is 0. The molecule has 1 fully saturated rings. The van der Waals surface area contributed by atoms with E-state index >= 15 is 0 Å². The van der Waals surface area contributed by atoms with Crippen LogP contribution in [0, 0.1) is 0 Å². The van der Waals surface area contributed by atoms with E-state index in [1.165, 1.54) is 44.6 Å². The number of benzene rings is 1. The number of halogens is 1. The smallest absolute Gasteiger partial charge is 0.239 e. The molecule has 1 amide bonds. The molecule has 3 rings (SSSR count). The number of rotatable bonds is 6. The molecule has 0 bridgehead atoms. The van der Waals surface area contributed by atoms with Crippen LogP contribution in [0.4, 0.5) is 0 Å². The Bertz CT molecular complexity index is 767. The minimum Gasteiger partial charge on any atom is -0.353 e. The fourth-order valence-electron chi connectivity index (χ4n) is 3.57. The monoisotopic (exact) mass is 377 g/mol. The van der Waals surface area contributed by atoms with Crippen molar-refractivity contribution in [3.8, 4) is 0 Å². The van der Waals surface area contributed by atoms with Crippen molar-refractivity contribution >= 4 is 29.2 Å². The number of hydrogen-bond acceptors (Lipinski definition) is 3. The highest BCUT2D eigenvalue weighted by Crippen LogP contribution is 2.16. The van der Waals surface area contributed by atoms with Gasteiger partial charge < -0.3 is 15.2 Å². The molecule has 2 N–H and O–H groups in total. The van der Waals surface area contributed by atoms with Gasteiger partial charge in [0.05, 0.1) is 5.52 Å². The van der Waals surface area contributed by atoms with Crippen molar-refractivity contribution in [2.45, 2.75) is 51.1 Å². The van der Waals surface area contributed by atoms with Gasteiger partial charge in [-0.3, -0.25) is 9.59 Å². The summed E-state index contributed by atoms with van der Waals surface area (Å²) in [5, 5.41) is 7.17. The molecule has 142 valence electrons. The first-order valence-corrected chi connectivity index (χ1v) is 9.32. The Hall–Kier alpha value is -1.85. The van der Waals surface area contributed by atoms with E-state index < -0.39 is 0 Å². The van der Waals surface area contributed by atoms with Crippen molar-refractivity contribution in [2.24, 2.45) is 0 Å². The minimum absolute atomic E-state index is 0. The van der Waals surface area contributed by atoms with Gasteiger partial charge in [0, 0.05) is 36.8 Å². The quantitative estimate of drug-likeness (QED) is 0.601. The second kappa shape index (κ2) is 10.3. The van der Waals surface area contributed by atoms with Crippen LogP contribution in [0.15, 0.2) is 41.3 Å². The highest BCUT2D eigenvalue weighted by Gasteiger charge is 2.11. The van der Waals surface area contributed by atoms with Gasteiger partial charge >= 0.3 is 0 Å². The third-order valence-corrected chi connectivity index (χ3v) is 4.93. The highest BCUT2D eigenvalue weighted by molar-refractivity contribution is 5.85.